The minimum atomic E-state index is -0.0936. The molecule has 3 nitrogen and oxygen atoms in total. The van der Waals surface area contributed by atoms with E-state index in [9.17, 15) is 4.79 Å². The van der Waals surface area contributed by atoms with E-state index in [2.05, 4.69) is 37.4 Å². The molecule has 1 amide bonds. The lowest BCUT2D eigenvalue weighted by Gasteiger charge is -2.09. The molecule has 0 radical (unpaired) electrons. The zero-order valence-electron chi connectivity index (χ0n) is 12.1. The standard InChI is InChI=1S/C17H19NO2/c1-12-7-8-15(13(2)9-12)11-18-17(19)14-5-4-6-16(10-14)20-3/h4-10H,11H2,1-3H3,(H,18,19). The largest absolute Gasteiger partial charge is 0.497 e. The number of aryl methyl sites for hydroxylation is 2. The number of nitrogens with one attached hydrogen (secondary N) is 1. The fourth-order valence-corrected chi connectivity index (χ4v) is 2.09. The van der Waals surface area contributed by atoms with E-state index in [1.807, 2.05) is 12.1 Å². The highest BCUT2D eigenvalue weighted by Crippen LogP contribution is 2.13. The van der Waals surface area contributed by atoms with Crippen molar-refractivity contribution in [1.29, 1.82) is 0 Å². The molecule has 0 unspecified atom stereocenters. The Bertz CT molecular complexity index is 620. The van der Waals surface area contributed by atoms with E-state index in [1.165, 1.54) is 11.1 Å². The second-order valence-electron chi connectivity index (χ2n) is 4.84. The molecule has 1 N–H and O–H groups in total. The second-order valence-corrected chi connectivity index (χ2v) is 4.84. The molecule has 20 heavy (non-hydrogen) atoms. The van der Waals surface area contributed by atoms with Gasteiger partial charge in [0.15, 0.2) is 0 Å². The van der Waals surface area contributed by atoms with Crippen LogP contribution in [0.4, 0.5) is 0 Å². The summed E-state index contributed by atoms with van der Waals surface area (Å²) in [4.78, 5) is 12.1. The van der Waals surface area contributed by atoms with Gasteiger partial charge >= 0.3 is 0 Å². The average molecular weight is 269 g/mol. The van der Waals surface area contributed by atoms with Crippen LogP contribution in [0.25, 0.3) is 0 Å². The number of methoxy groups -OCH3 is 1. The molecule has 3 heteroatoms. The number of amides is 1. The van der Waals surface area contributed by atoms with Crippen LogP contribution >= 0.6 is 0 Å². The first kappa shape index (κ1) is 14.1. The molecule has 0 aromatic heterocycles. The minimum Gasteiger partial charge on any atom is -0.497 e. The van der Waals surface area contributed by atoms with Crippen LogP contribution in [0.3, 0.4) is 0 Å². The minimum absolute atomic E-state index is 0.0936. The van der Waals surface area contributed by atoms with Crippen molar-refractivity contribution in [2.75, 3.05) is 7.11 Å². The summed E-state index contributed by atoms with van der Waals surface area (Å²) in [5.41, 5.74) is 4.15. The fourth-order valence-electron chi connectivity index (χ4n) is 2.09. The van der Waals surface area contributed by atoms with Gasteiger partial charge in [0, 0.05) is 12.1 Å². The molecular weight excluding hydrogens is 250 g/mol. The lowest BCUT2D eigenvalue weighted by atomic mass is 10.1. The van der Waals surface area contributed by atoms with Crippen molar-refractivity contribution in [2.45, 2.75) is 20.4 Å². The highest BCUT2D eigenvalue weighted by Gasteiger charge is 2.07. The van der Waals surface area contributed by atoms with E-state index in [4.69, 9.17) is 4.74 Å². The number of carbonyl (C=O) groups excluding carboxylic acids is 1. The molecule has 0 bridgehead atoms. The Morgan fingerprint density at radius 3 is 2.65 bits per heavy atom. The van der Waals surface area contributed by atoms with Crippen LogP contribution in [0.5, 0.6) is 5.75 Å². The van der Waals surface area contributed by atoms with Crippen molar-refractivity contribution < 1.29 is 9.53 Å². The maximum atomic E-state index is 12.1. The Kier molecular flexibility index (Phi) is 4.41. The van der Waals surface area contributed by atoms with Gasteiger partial charge in [-0.1, -0.05) is 29.8 Å². The normalized spacial score (nSPS) is 10.2. The fraction of sp³-hybridized carbons (Fsp3) is 0.235. The van der Waals surface area contributed by atoms with Crippen LogP contribution in [0.15, 0.2) is 42.5 Å². The summed E-state index contributed by atoms with van der Waals surface area (Å²) in [5.74, 6) is 0.591. The van der Waals surface area contributed by atoms with Crippen molar-refractivity contribution in [3.63, 3.8) is 0 Å². The molecule has 0 saturated heterocycles. The number of rotatable bonds is 4. The summed E-state index contributed by atoms with van der Waals surface area (Å²) in [6.45, 7) is 4.65. The van der Waals surface area contributed by atoms with Gasteiger partial charge in [0.05, 0.1) is 7.11 Å². The quantitative estimate of drug-likeness (QED) is 0.925. The van der Waals surface area contributed by atoms with E-state index >= 15 is 0 Å². The molecule has 104 valence electrons. The molecule has 2 rings (SSSR count). The Labute approximate surface area is 119 Å². The molecule has 0 aliphatic rings. The topological polar surface area (TPSA) is 38.3 Å². The third-order valence-electron chi connectivity index (χ3n) is 3.27. The van der Waals surface area contributed by atoms with Crippen LogP contribution in [0.2, 0.25) is 0 Å². The lowest BCUT2D eigenvalue weighted by molar-refractivity contribution is 0.0950. The molecule has 2 aromatic rings. The van der Waals surface area contributed by atoms with Gasteiger partial charge in [0.2, 0.25) is 0 Å². The van der Waals surface area contributed by atoms with E-state index in [-0.39, 0.29) is 5.91 Å². The number of hydrogen-bond acceptors (Lipinski definition) is 2. The third kappa shape index (κ3) is 3.38. The predicted octanol–water partition coefficient (Wildman–Crippen LogP) is 3.24. The van der Waals surface area contributed by atoms with Crippen molar-refractivity contribution in [3.05, 3.63) is 64.7 Å². The van der Waals surface area contributed by atoms with Crippen molar-refractivity contribution in [3.8, 4) is 5.75 Å². The number of carbonyl (C=O) groups is 1. The number of hydrogen-bond donors (Lipinski definition) is 1. The first-order valence-electron chi connectivity index (χ1n) is 6.58. The molecule has 0 saturated carbocycles. The van der Waals surface area contributed by atoms with E-state index < -0.39 is 0 Å². The Hall–Kier alpha value is -2.29. The smallest absolute Gasteiger partial charge is 0.251 e. The van der Waals surface area contributed by atoms with Crippen LogP contribution in [-0.4, -0.2) is 13.0 Å². The Morgan fingerprint density at radius 1 is 1.15 bits per heavy atom. The highest BCUT2D eigenvalue weighted by atomic mass is 16.5. The molecule has 0 atom stereocenters. The van der Waals surface area contributed by atoms with Gasteiger partial charge in [-0.25, -0.2) is 0 Å². The van der Waals surface area contributed by atoms with E-state index in [0.29, 0.717) is 17.9 Å². The zero-order chi connectivity index (χ0) is 14.5. The summed E-state index contributed by atoms with van der Waals surface area (Å²) >= 11 is 0. The van der Waals surface area contributed by atoms with Gasteiger partial charge in [-0.3, -0.25) is 4.79 Å². The van der Waals surface area contributed by atoms with Crippen molar-refractivity contribution in [2.24, 2.45) is 0 Å². The second kappa shape index (κ2) is 6.24. The van der Waals surface area contributed by atoms with Gasteiger partial charge < -0.3 is 10.1 Å². The van der Waals surface area contributed by atoms with Crippen molar-refractivity contribution in [1.82, 2.24) is 5.32 Å². The Balaban J connectivity index is 2.04. The first-order valence-corrected chi connectivity index (χ1v) is 6.58. The summed E-state index contributed by atoms with van der Waals surface area (Å²) in [6.07, 6.45) is 0. The van der Waals surface area contributed by atoms with E-state index in [0.717, 1.165) is 5.56 Å². The van der Waals surface area contributed by atoms with Crippen LogP contribution in [-0.2, 0) is 6.54 Å². The van der Waals surface area contributed by atoms with Gasteiger partial charge in [-0.2, -0.15) is 0 Å². The zero-order valence-corrected chi connectivity index (χ0v) is 12.1. The van der Waals surface area contributed by atoms with Gasteiger partial charge in [0.1, 0.15) is 5.75 Å². The Morgan fingerprint density at radius 2 is 1.95 bits per heavy atom. The lowest BCUT2D eigenvalue weighted by Crippen LogP contribution is -2.23. The van der Waals surface area contributed by atoms with Gasteiger partial charge in [0.25, 0.3) is 5.91 Å². The summed E-state index contributed by atoms with van der Waals surface area (Å²) in [6, 6.07) is 13.4. The number of ether oxygens (including phenoxy) is 1. The molecule has 0 heterocycles. The molecule has 0 fully saturated rings. The van der Waals surface area contributed by atoms with Gasteiger partial charge in [-0.05, 0) is 43.2 Å². The van der Waals surface area contributed by atoms with E-state index in [1.54, 1.807) is 19.2 Å². The number of benzene rings is 2. The molecule has 0 aliphatic carbocycles. The summed E-state index contributed by atoms with van der Waals surface area (Å²) < 4.78 is 5.12. The first-order chi connectivity index (χ1) is 9.60. The maximum absolute atomic E-state index is 12.1. The monoisotopic (exact) mass is 269 g/mol. The SMILES string of the molecule is COc1cccc(C(=O)NCc2ccc(C)cc2C)c1. The highest BCUT2D eigenvalue weighted by molar-refractivity contribution is 5.94. The molecule has 0 spiro atoms. The predicted molar refractivity (Wildman–Crippen MR) is 80.1 cm³/mol. The van der Waals surface area contributed by atoms with Crippen LogP contribution < -0.4 is 10.1 Å². The van der Waals surface area contributed by atoms with Crippen LogP contribution in [0.1, 0.15) is 27.0 Å². The summed E-state index contributed by atoms with van der Waals surface area (Å²) in [5, 5.41) is 2.93. The maximum Gasteiger partial charge on any atom is 0.251 e. The van der Waals surface area contributed by atoms with Crippen molar-refractivity contribution >= 4 is 5.91 Å². The summed E-state index contributed by atoms with van der Waals surface area (Å²) in [7, 11) is 1.59. The average Bonchev–Trinajstić information content (AvgIpc) is 2.46. The third-order valence-corrected chi connectivity index (χ3v) is 3.27. The molecule has 2 aromatic carbocycles. The molecular formula is C17H19NO2. The van der Waals surface area contributed by atoms with Gasteiger partial charge in [-0.15, -0.1) is 0 Å². The van der Waals surface area contributed by atoms with Crippen LogP contribution in [0, 0.1) is 13.8 Å². The molecule has 0 aliphatic heterocycles.